The number of hydrogen-bond acceptors (Lipinski definition) is 5. The van der Waals surface area contributed by atoms with E-state index in [1.165, 1.54) is 6.42 Å². The first kappa shape index (κ1) is 18.7. The number of aromatic nitrogens is 2. The topological polar surface area (TPSA) is 84.6 Å². The van der Waals surface area contributed by atoms with Gasteiger partial charge in [0.05, 0.1) is 6.10 Å². The second kappa shape index (κ2) is 8.46. The third kappa shape index (κ3) is 5.47. The zero-order valence-corrected chi connectivity index (χ0v) is 15.6. The number of aryl methyl sites for hydroxylation is 1. The van der Waals surface area contributed by atoms with Crippen LogP contribution in [0.2, 0.25) is 0 Å². The summed E-state index contributed by atoms with van der Waals surface area (Å²) in [7, 11) is 0. The minimum absolute atomic E-state index is 0.143. The molecule has 136 valence electrons. The molecule has 1 aromatic heterocycles. The van der Waals surface area contributed by atoms with Crippen molar-refractivity contribution in [2.75, 3.05) is 19.7 Å². The highest BCUT2D eigenvalue weighted by atomic mass is 16.5. The van der Waals surface area contributed by atoms with Gasteiger partial charge in [0, 0.05) is 32.5 Å². The van der Waals surface area contributed by atoms with Gasteiger partial charge in [-0.2, -0.15) is 4.98 Å². The smallest absolute Gasteiger partial charge is 0.223 e. The summed E-state index contributed by atoms with van der Waals surface area (Å²) in [6, 6.07) is 0. The van der Waals surface area contributed by atoms with Crippen LogP contribution in [0.5, 0.6) is 0 Å². The maximum Gasteiger partial charge on any atom is 0.223 e. The van der Waals surface area contributed by atoms with E-state index in [2.05, 4.69) is 53.5 Å². The van der Waals surface area contributed by atoms with Crippen LogP contribution in [-0.2, 0) is 11.3 Å². The Kier molecular flexibility index (Phi) is 6.60. The molecule has 0 aromatic carbocycles. The van der Waals surface area contributed by atoms with Gasteiger partial charge in [-0.05, 0) is 25.2 Å². The van der Waals surface area contributed by atoms with Crippen molar-refractivity contribution in [3.05, 3.63) is 11.7 Å². The maximum atomic E-state index is 6.05. The molecule has 0 amide bonds. The van der Waals surface area contributed by atoms with Gasteiger partial charge in [-0.3, -0.25) is 0 Å². The molecule has 1 fully saturated rings. The average molecular weight is 337 g/mol. The van der Waals surface area contributed by atoms with Gasteiger partial charge in [0.15, 0.2) is 11.8 Å². The molecule has 2 unspecified atom stereocenters. The monoisotopic (exact) mass is 337 g/mol. The Morgan fingerprint density at radius 1 is 1.33 bits per heavy atom. The van der Waals surface area contributed by atoms with Crippen LogP contribution in [0.3, 0.4) is 0 Å². The molecule has 7 nitrogen and oxygen atoms in total. The summed E-state index contributed by atoms with van der Waals surface area (Å²) >= 11 is 0. The van der Waals surface area contributed by atoms with Crippen molar-refractivity contribution >= 4 is 5.96 Å². The summed E-state index contributed by atoms with van der Waals surface area (Å²) in [4.78, 5) is 8.71. The molecule has 2 heterocycles. The van der Waals surface area contributed by atoms with Crippen LogP contribution in [0.15, 0.2) is 9.52 Å². The number of ether oxygens (including phenoxy) is 1. The lowest BCUT2D eigenvalue weighted by Crippen LogP contribution is -2.47. The fraction of sp³-hybridized carbons (Fsp3) is 0.824. The SMILES string of the molecule is CCNC(=NCc1noc(C)n1)NCC1CCCOC1C(C)(C)C. The number of nitrogens with one attached hydrogen (secondary N) is 2. The second-order valence-corrected chi connectivity index (χ2v) is 7.37. The summed E-state index contributed by atoms with van der Waals surface area (Å²) in [5, 5.41) is 10.6. The van der Waals surface area contributed by atoms with Gasteiger partial charge in [0.1, 0.15) is 6.54 Å². The number of nitrogens with zero attached hydrogens (tertiary/aromatic N) is 3. The standard InChI is InChI=1S/C17H31N5O2/c1-6-18-16(20-11-14-21-12(2)24-22-14)19-10-13-8-7-9-23-15(13)17(3,4)5/h13,15H,6-11H2,1-5H3,(H2,18,19,20). The van der Waals surface area contributed by atoms with Gasteiger partial charge < -0.3 is 19.9 Å². The van der Waals surface area contributed by atoms with E-state index in [0.29, 0.717) is 24.2 Å². The molecule has 7 heteroatoms. The Labute approximate surface area is 144 Å². The third-order valence-corrected chi connectivity index (χ3v) is 4.12. The Morgan fingerprint density at radius 3 is 2.75 bits per heavy atom. The van der Waals surface area contributed by atoms with E-state index >= 15 is 0 Å². The van der Waals surface area contributed by atoms with Crippen molar-refractivity contribution in [3.8, 4) is 0 Å². The number of aliphatic imine (C=N–C) groups is 1. The Bertz CT molecular complexity index is 535. The molecular formula is C17H31N5O2. The number of guanidine groups is 1. The molecule has 0 radical (unpaired) electrons. The van der Waals surface area contributed by atoms with Crippen LogP contribution >= 0.6 is 0 Å². The second-order valence-electron chi connectivity index (χ2n) is 7.37. The highest BCUT2D eigenvalue weighted by Gasteiger charge is 2.35. The molecule has 0 aliphatic carbocycles. The van der Waals surface area contributed by atoms with E-state index in [1.807, 2.05) is 0 Å². The van der Waals surface area contributed by atoms with E-state index in [1.54, 1.807) is 6.92 Å². The molecule has 2 N–H and O–H groups in total. The van der Waals surface area contributed by atoms with Crippen molar-refractivity contribution in [1.29, 1.82) is 0 Å². The predicted molar refractivity (Wildman–Crippen MR) is 93.8 cm³/mol. The summed E-state index contributed by atoms with van der Waals surface area (Å²) in [5.74, 6) is 2.41. The largest absolute Gasteiger partial charge is 0.377 e. The molecule has 2 rings (SSSR count). The van der Waals surface area contributed by atoms with Gasteiger partial charge in [-0.15, -0.1) is 0 Å². The minimum Gasteiger partial charge on any atom is -0.377 e. The molecule has 0 saturated carbocycles. The van der Waals surface area contributed by atoms with Crippen molar-refractivity contribution in [1.82, 2.24) is 20.8 Å². The normalized spacial score (nSPS) is 22.5. The van der Waals surface area contributed by atoms with Crippen molar-refractivity contribution in [2.24, 2.45) is 16.3 Å². The quantitative estimate of drug-likeness (QED) is 0.633. The zero-order chi connectivity index (χ0) is 17.6. The molecule has 1 aliphatic rings. The van der Waals surface area contributed by atoms with Crippen molar-refractivity contribution in [3.63, 3.8) is 0 Å². The molecule has 1 saturated heterocycles. The fourth-order valence-electron chi connectivity index (χ4n) is 3.13. The molecule has 0 bridgehead atoms. The molecule has 24 heavy (non-hydrogen) atoms. The third-order valence-electron chi connectivity index (χ3n) is 4.12. The van der Waals surface area contributed by atoms with Gasteiger partial charge in [-0.1, -0.05) is 25.9 Å². The molecule has 1 aliphatic heterocycles. The van der Waals surface area contributed by atoms with Crippen LogP contribution in [0.25, 0.3) is 0 Å². The number of rotatable bonds is 5. The van der Waals surface area contributed by atoms with Crippen molar-refractivity contribution < 1.29 is 9.26 Å². The summed E-state index contributed by atoms with van der Waals surface area (Å²) in [6.07, 6.45) is 2.56. The lowest BCUT2D eigenvalue weighted by atomic mass is 9.78. The van der Waals surface area contributed by atoms with Crippen LogP contribution in [0.1, 0.15) is 52.3 Å². The molecular weight excluding hydrogens is 306 g/mol. The fourth-order valence-corrected chi connectivity index (χ4v) is 3.13. The molecule has 0 spiro atoms. The number of hydrogen-bond donors (Lipinski definition) is 2. The first-order chi connectivity index (χ1) is 11.4. The summed E-state index contributed by atoms with van der Waals surface area (Å²) < 4.78 is 11.0. The minimum atomic E-state index is 0.143. The average Bonchev–Trinajstić information content (AvgIpc) is 2.95. The summed E-state index contributed by atoms with van der Waals surface area (Å²) in [6.45, 7) is 13.5. The van der Waals surface area contributed by atoms with Crippen molar-refractivity contribution in [2.45, 2.75) is 60.1 Å². The lowest BCUT2D eigenvalue weighted by Gasteiger charge is -2.40. The van der Waals surface area contributed by atoms with Crippen LogP contribution < -0.4 is 10.6 Å². The highest BCUT2D eigenvalue weighted by molar-refractivity contribution is 5.79. The Hall–Kier alpha value is -1.63. The van der Waals surface area contributed by atoms with Crippen LogP contribution in [0, 0.1) is 18.3 Å². The van der Waals surface area contributed by atoms with E-state index in [4.69, 9.17) is 9.26 Å². The van der Waals surface area contributed by atoms with Gasteiger partial charge in [-0.25, -0.2) is 4.99 Å². The van der Waals surface area contributed by atoms with Gasteiger partial charge in [0.2, 0.25) is 5.89 Å². The van der Waals surface area contributed by atoms with Crippen LogP contribution in [-0.4, -0.2) is 41.9 Å². The van der Waals surface area contributed by atoms with E-state index in [9.17, 15) is 0 Å². The van der Waals surface area contributed by atoms with E-state index < -0.39 is 0 Å². The predicted octanol–water partition coefficient (Wildman–Crippen LogP) is 2.27. The van der Waals surface area contributed by atoms with E-state index in [-0.39, 0.29) is 11.5 Å². The highest BCUT2D eigenvalue weighted by Crippen LogP contribution is 2.33. The Balaban J connectivity index is 1.94. The Morgan fingerprint density at radius 2 is 2.12 bits per heavy atom. The zero-order valence-electron chi connectivity index (χ0n) is 15.6. The first-order valence-electron chi connectivity index (χ1n) is 8.83. The lowest BCUT2D eigenvalue weighted by molar-refractivity contribution is -0.0835. The van der Waals surface area contributed by atoms with Gasteiger partial charge >= 0.3 is 0 Å². The first-order valence-corrected chi connectivity index (χ1v) is 8.83. The molecule has 1 aromatic rings. The summed E-state index contributed by atoms with van der Waals surface area (Å²) in [5.41, 5.74) is 0.143. The van der Waals surface area contributed by atoms with E-state index in [0.717, 1.165) is 32.1 Å². The maximum absolute atomic E-state index is 6.05. The van der Waals surface area contributed by atoms with Gasteiger partial charge in [0.25, 0.3) is 0 Å². The van der Waals surface area contributed by atoms with Crippen LogP contribution in [0.4, 0.5) is 0 Å². The molecule has 2 atom stereocenters.